The van der Waals surface area contributed by atoms with Gasteiger partial charge in [0, 0.05) is 42.9 Å². The van der Waals surface area contributed by atoms with Crippen LogP contribution in [0.5, 0.6) is 0 Å². The molecule has 26 heavy (non-hydrogen) atoms. The van der Waals surface area contributed by atoms with E-state index in [1.54, 1.807) is 0 Å². The zero-order valence-electron chi connectivity index (χ0n) is 15.8. The quantitative estimate of drug-likeness (QED) is 0.883. The molecule has 0 saturated carbocycles. The first-order valence-electron chi connectivity index (χ1n) is 9.27. The average molecular weight is 357 g/mol. The second kappa shape index (κ2) is 7.43. The predicted molar refractivity (Wildman–Crippen MR) is 98.7 cm³/mol. The number of carbonyl (C=O) groups is 2. The molecular formula is C19H27N5O2. The van der Waals surface area contributed by atoms with Gasteiger partial charge in [-0.2, -0.15) is 5.10 Å². The average Bonchev–Trinajstić information content (AvgIpc) is 2.95. The standard InChI is InChI=1S/C19H27N5O2/c1-12-10-18-21-13(2)16(14(3)24(18)22-12)7-8-19(26)23-9-5-4-6-15(23)11-17(20)25/h10,15H,4-9,11H2,1-3H3,(H2,20,25). The van der Waals surface area contributed by atoms with Crippen LogP contribution in [0.4, 0.5) is 0 Å². The first-order valence-corrected chi connectivity index (χ1v) is 9.27. The summed E-state index contributed by atoms with van der Waals surface area (Å²) in [6, 6.07) is 1.90. The third-order valence-electron chi connectivity index (χ3n) is 5.26. The van der Waals surface area contributed by atoms with E-state index in [2.05, 4.69) is 10.1 Å². The molecule has 0 spiro atoms. The Morgan fingerprint density at radius 3 is 2.77 bits per heavy atom. The number of hydrogen-bond donors (Lipinski definition) is 1. The fourth-order valence-corrected chi connectivity index (χ4v) is 3.95. The summed E-state index contributed by atoms with van der Waals surface area (Å²) < 4.78 is 1.85. The van der Waals surface area contributed by atoms with Gasteiger partial charge in [0.2, 0.25) is 11.8 Å². The van der Waals surface area contributed by atoms with Crippen LogP contribution in [-0.4, -0.2) is 43.9 Å². The summed E-state index contributed by atoms with van der Waals surface area (Å²) in [4.78, 5) is 30.5. The van der Waals surface area contributed by atoms with Crippen molar-refractivity contribution < 1.29 is 9.59 Å². The van der Waals surface area contributed by atoms with Gasteiger partial charge in [-0.05, 0) is 52.0 Å². The molecule has 1 aliphatic rings. The van der Waals surface area contributed by atoms with Crippen molar-refractivity contribution in [3.05, 3.63) is 28.7 Å². The molecule has 2 amide bonds. The molecule has 1 aliphatic heterocycles. The molecule has 3 rings (SSSR count). The first-order chi connectivity index (χ1) is 12.4. The van der Waals surface area contributed by atoms with Gasteiger partial charge < -0.3 is 10.6 Å². The second-order valence-corrected chi connectivity index (χ2v) is 7.22. The van der Waals surface area contributed by atoms with Gasteiger partial charge in [0.1, 0.15) is 0 Å². The molecule has 1 fully saturated rings. The zero-order valence-corrected chi connectivity index (χ0v) is 15.8. The molecule has 0 aliphatic carbocycles. The fraction of sp³-hybridized carbons (Fsp3) is 0.579. The number of rotatable bonds is 5. The van der Waals surface area contributed by atoms with Crippen LogP contribution >= 0.6 is 0 Å². The number of amides is 2. The Labute approximate surface area is 153 Å². The molecule has 1 saturated heterocycles. The number of fused-ring (bicyclic) bond motifs is 1. The first kappa shape index (κ1) is 18.4. The number of primary amides is 1. The normalized spacial score (nSPS) is 17.7. The molecule has 1 atom stereocenters. The van der Waals surface area contributed by atoms with Crippen LogP contribution < -0.4 is 5.73 Å². The third-order valence-corrected chi connectivity index (χ3v) is 5.26. The van der Waals surface area contributed by atoms with Gasteiger partial charge in [-0.1, -0.05) is 0 Å². The molecule has 7 heteroatoms. The Bertz CT molecular complexity index is 842. The van der Waals surface area contributed by atoms with E-state index < -0.39 is 0 Å². The Balaban J connectivity index is 1.74. The van der Waals surface area contributed by atoms with E-state index in [0.717, 1.165) is 47.6 Å². The molecule has 7 nitrogen and oxygen atoms in total. The summed E-state index contributed by atoms with van der Waals surface area (Å²) in [6.07, 6.45) is 4.16. The number of hydrogen-bond acceptors (Lipinski definition) is 4. The maximum absolute atomic E-state index is 12.8. The van der Waals surface area contributed by atoms with E-state index >= 15 is 0 Å². The molecule has 0 radical (unpaired) electrons. The van der Waals surface area contributed by atoms with Crippen molar-refractivity contribution in [2.24, 2.45) is 5.73 Å². The van der Waals surface area contributed by atoms with Gasteiger partial charge in [-0.15, -0.1) is 0 Å². The van der Waals surface area contributed by atoms with Crippen molar-refractivity contribution in [2.75, 3.05) is 6.54 Å². The number of aromatic nitrogens is 3. The SMILES string of the molecule is Cc1cc2nc(C)c(CCC(=O)N3CCCCC3CC(N)=O)c(C)n2n1. The highest BCUT2D eigenvalue weighted by Crippen LogP contribution is 2.22. The lowest BCUT2D eigenvalue weighted by atomic mass is 9.97. The van der Waals surface area contributed by atoms with Crippen molar-refractivity contribution in [1.29, 1.82) is 0 Å². The minimum atomic E-state index is -0.343. The van der Waals surface area contributed by atoms with Gasteiger partial charge in [-0.3, -0.25) is 9.59 Å². The molecular weight excluding hydrogens is 330 g/mol. The van der Waals surface area contributed by atoms with Gasteiger partial charge >= 0.3 is 0 Å². The molecule has 140 valence electrons. The largest absolute Gasteiger partial charge is 0.370 e. The third kappa shape index (κ3) is 3.71. The second-order valence-electron chi connectivity index (χ2n) is 7.22. The van der Waals surface area contributed by atoms with E-state index in [1.165, 1.54) is 0 Å². The fourth-order valence-electron chi connectivity index (χ4n) is 3.95. The number of piperidine rings is 1. The van der Waals surface area contributed by atoms with Gasteiger partial charge in [0.15, 0.2) is 5.65 Å². The number of aryl methyl sites for hydroxylation is 3. The molecule has 2 aromatic heterocycles. The van der Waals surface area contributed by atoms with Crippen LogP contribution in [0.2, 0.25) is 0 Å². The summed E-state index contributed by atoms with van der Waals surface area (Å²) in [7, 11) is 0. The van der Waals surface area contributed by atoms with Crippen LogP contribution in [0, 0.1) is 20.8 Å². The smallest absolute Gasteiger partial charge is 0.223 e. The topological polar surface area (TPSA) is 93.6 Å². The minimum Gasteiger partial charge on any atom is -0.370 e. The predicted octanol–water partition coefficient (Wildman–Crippen LogP) is 1.84. The van der Waals surface area contributed by atoms with Crippen molar-refractivity contribution >= 4 is 17.5 Å². The van der Waals surface area contributed by atoms with Crippen LogP contribution in [0.3, 0.4) is 0 Å². The summed E-state index contributed by atoms with van der Waals surface area (Å²) in [5, 5.41) is 4.48. The molecule has 0 aromatic carbocycles. The summed E-state index contributed by atoms with van der Waals surface area (Å²) in [5.74, 6) is -0.253. The van der Waals surface area contributed by atoms with E-state index in [9.17, 15) is 9.59 Å². The summed E-state index contributed by atoms with van der Waals surface area (Å²) in [5.41, 5.74) is 10.2. The lowest BCUT2D eigenvalue weighted by molar-refractivity contribution is -0.135. The van der Waals surface area contributed by atoms with E-state index in [4.69, 9.17) is 5.73 Å². The minimum absolute atomic E-state index is 0.0506. The van der Waals surface area contributed by atoms with E-state index in [-0.39, 0.29) is 24.3 Å². The van der Waals surface area contributed by atoms with Crippen molar-refractivity contribution in [3.8, 4) is 0 Å². The number of nitrogens with two attached hydrogens (primary N) is 1. The van der Waals surface area contributed by atoms with Gasteiger partial charge in [0.25, 0.3) is 0 Å². The maximum Gasteiger partial charge on any atom is 0.223 e. The molecule has 2 aromatic rings. The van der Waals surface area contributed by atoms with Gasteiger partial charge in [-0.25, -0.2) is 9.50 Å². The van der Waals surface area contributed by atoms with Crippen LogP contribution in [0.25, 0.3) is 5.65 Å². The number of nitrogens with zero attached hydrogens (tertiary/aromatic N) is 4. The lowest BCUT2D eigenvalue weighted by Crippen LogP contribution is -2.45. The Hall–Kier alpha value is -2.44. The van der Waals surface area contributed by atoms with Crippen LogP contribution in [0.1, 0.15) is 54.7 Å². The number of likely N-dealkylation sites (tertiary alicyclic amines) is 1. The maximum atomic E-state index is 12.8. The van der Waals surface area contributed by atoms with Crippen LogP contribution in [0.15, 0.2) is 6.07 Å². The summed E-state index contributed by atoms with van der Waals surface area (Å²) in [6.45, 7) is 6.66. The zero-order chi connectivity index (χ0) is 18.8. The monoisotopic (exact) mass is 357 g/mol. The molecule has 2 N–H and O–H groups in total. The van der Waals surface area contributed by atoms with Crippen molar-refractivity contribution in [3.63, 3.8) is 0 Å². The Morgan fingerprint density at radius 1 is 1.27 bits per heavy atom. The van der Waals surface area contributed by atoms with Crippen LogP contribution in [-0.2, 0) is 16.0 Å². The van der Waals surface area contributed by atoms with Gasteiger partial charge in [0.05, 0.1) is 5.69 Å². The lowest BCUT2D eigenvalue weighted by Gasteiger charge is -2.35. The van der Waals surface area contributed by atoms with Crippen molar-refractivity contribution in [2.45, 2.75) is 65.3 Å². The molecule has 0 bridgehead atoms. The highest BCUT2D eigenvalue weighted by atomic mass is 16.2. The summed E-state index contributed by atoms with van der Waals surface area (Å²) >= 11 is 0. The molecule has 1 unspecified atom stereocenters. The molecule has 3 heterocycles. The van der Waals surface area contributed by atoms with E-state index in [0.29, 0.717) is 19.4 Å². The Morgan fingerprint density at radius 2 is 2.04 bits per heavy atom. The highest BCUT2D eigenvalue weighted by molar-refractivity contribution is 5.79. The van der Waals surface area contributed by atoms with E-state index in [1.807, 2.05) is 36.3 Å². The number of carbonyl (C=O) groups excluding carboxylic acids is 2. The highest BCUT2D eigenvalue weighted by Gasteiger charge is 2.27. The van der Waals surface area contributed by atoms with Crippen molar-refractivity contribution in [1.82, 2.24) is 19.5 Å². The Kier molecular flexibility index (Phi) is 5.25.